The van der Waals surface area contributed by atoms with Gasteiger partial charge in [-0.1, -0.05) is 85.5 Å². The van der Waals surface area contributed by atoms with Crippen molar-refractivity contribution in [2.45, 2.75) is 105 Å². The molecule has 0 radical (unpaired) electrons. The maximum Gasteiger partial charge on any atom is -0.0329 e. The van der Waals surface area contributed by atoms with Crippen molar-refractivity contribution >= 4 is 0 Å². The highest BCUT2D eigenvalue weighted by Crippen LogP contribution is 2.51. The Hall–Kier alpha value is 0. The Balaban J connectivity index is 1.90. The monoisotopic (exact) mass is 306 g/mol. The van der Waals surface area contributed by atoms with E-state index in [2.05, 4.69) is 27.7 Å². The minimum absolute atomic E-state index is 0.996. The lowest BCUT2D eigenvalue weighted by molar-refractivity contribution is 0.00546. The summed E-state index contributed by atoms with van der Waals surface area (Å²) in [5.41, 5.74) is 0. The van der Waals surface area contributed by atoms with E-state index in [4.69, 9.17) is 0 Å². The molecule has 2 aliphatic carbocycles. The zero-order chi connectivity index (χ0) is 15.9. The molecule has 0 aromatic heterocycles. The third-order valence-corrected chi connectivity index (χ3v) is 7.19. The highest BCUT2D eigenvalue weighted by Gasteiger charge is 2.42. The fraction of sp³-hybridized carbons (Fsp3) is 1.00. The van der Waals surface area contributed by atoms with Crippen LogP contribution in [0.15, 0.2) is 0 Å². The van der Waals surface area contributed by atoms with Gasteiger partial charge in [0.15, 0.2) is 0 Å². The van der Waals surface area contributed by atoms with Crippen LogP contribution in [0, 0.1) is 35.5 Å². The van der Waals surface area contributed by atoms with Crippen LogP contribution < -0.4 is 0 Å². The van der Waals surface area contributed by atoms with Gasteiger partial charge >= 0.3 is 0 Å². The van der Waals surface area contributed by atoms with E-state index >= 15 is 0 Å². The van der Waals surface area contributed by atoms with Crippen molar-refractivity contribution in [3.8, 4) is 0 Å². The van der Waals surface area contributed by atoms with Gasteiger partial charge < -0.3 is 0 Å². The molecule has 0 aromatic rings. The average molecular weight is 307 g/mol. The molecule has 0 aromatic carbocycles. The van der Waals surface area contributed by atoms with Crippen molar-refractivity contribution < 1.29 is 0 Å². The van der Waals surface area contributed by atoms with Crippen molar-refractivity contribution in [3.63, 3.8) is 0 Å². The molecule has 0 heterocycles. The first-order valence-corrected chi connectivity index (χ1v) is 10.7. The van der Waals surface area contributed by atoms with Crippen molar-refractivity contribution in [3.05, 3.63) is 0 Å². The first-order chi connectivity index (χ1) is 10.7. The molecule has 0 saturated heterocycles. The van der Waals surface area contributed by atoms with Crippen LogP contribution in [-0.2, 0) is 0 Å². The van der Waals surface area contributed by atoms with Crippen LogP contribution in [0.4, 0.5) is 0 Å². The predicted octanol–water partition coefficient (Wildman–Crippen LogP) is 7.47. The number of fused-ring (bicyclic) bond motifs is 1. The van der Waals surface area contributed by atoms with E-state index in [1.165, 1.54) is 57.8 Å². The molecular formula is C22H42. The second-order valence-corrected chi connectivity index (χ2v) is 8.85. The lowest BCUT2D eigenvalue weighted by atomic mass is 9.56. The molecule has 2 saturated carbocycles. The van der Waals surface area contributed by atoms with Gasteiger partial charge in [0.25, 0.3) is 0 Å². The fourth-order valence-corrected chi connectivity index (χ4v) is 5.95. The van der Waals surface area contributed by atoms with Gasteiger partial charge in [-0.15, -0.1) is 0 Å². The van der Waals surface area contributed by atoms with Gasteiger partial charge in [-0.25, -0.2) is 0 Å². The standard InChI is InChI=1S/C22H42/c1-5-7-8-9-10-11-19(6-2)22-18(4)13-14-20-16-17(3)12-15-21(20)22/h17-22H,5-16H2,1-4H3. The quantitative estimate of drug-likeness (QED) is 0.408. The summed E-state index contributed by atoms with van der Waals surface area (Å²) in [6, 6.07) is 0. The van der Waals surface area contributed by atoms with Crippen molar-refractivity contribution in [2.24, 2.45) is 35.5 Å². The molecule has 0 amide bonds. The van der Waals surface area contributed by atoms with Crippen molar-refractivity contribution in [1.29, 1.82) is 0 Å². The van der Waals surface area contributed by atoms with E-state index in [1.807, 2.05) is 0 Å². The first-order valence-electron chi connectivity index (χ1n) is 10.7. The van der Waals surface area contributed by atoms with Crippen LogP contribution in [0.2, 0.25) is 0 Å². The van der Waals surface area contributed by atoms with E-state index in [9.17, 15) is 0 Å². The molecule has 22 heavy (non-hydrogen) atoms. The Labute approximate surface area is 140 Å². The van der Waals surface area contributed by atoms with Crippen LogP contribution in [-0.4, -0.2) is 0 Å². The minimum atomic E-state index is 0.996. The summed E-state index contributed by atoms with van der Waals surface area (Å²) in [4.78, 5) is 0. The molecule has 0 N–H and O–H groups in total. The zero-order valence-electron chi connectivity index (χ0n) is 15.9. The lowest BCUT2D eigenvalue weighted by Gasteiger charge is -2.49. The van der Waals surface area contributed by atoms with Crippen LogP contribution >= 0.6 is 0 Å². The van der Waals surface area contributed by atoms with Gasteiger partial charge in [0.1, 0.15) is 0 Å². The van der Waals surface area contributed by atoms with E-state index in [0.29, 0.717) is 0 Å². The molecule has 0 spiro atoms. The summed E-state index contributed by atoms with van der Waals surface area (Å²) >= 11 is 0. The summed E-state index contributed by atoms with van der Waals surface area (Å²) < 4.78 is 0. The van der Waals surface area contributed by atoms with Gasteiger partial charge in [0.05, 0.1) is 0 Å². The number of unbranched alkanes of at least 4 members (excludes halogenated alkanes) is 4. The average Bonchev–Trinajstić information content (AvgIpc) is 2.52. The number of hydrogen-bond donors (Lipinski definition) is 0. The molecule has 130 valence electrons. The molecule has 0 heteroatoms. The Kier molecular flexibility index (Phi) is 7.78. The summed E-state index contributed by atoms with van der Waals surface area (Å²) in [5, 5.41) is 0. The van der Waals surface area contributed by atoms with E-state index < -0.39 is 0 Å². The molecule has 0 nitrogen and oxygen atoms in total. The van der Waals surface area contributed by atoms with Gasteiger partial charge in [0.2, 0.25) is 0 Å². The molecule has 2 fully saturated rings. The molecule has 2 rings (SSSR count). The highest BCUT2D eigenvalue weighted by molar-refractivity contribution is 4.92. The summed E-state index contributed by atoms with van der Waals surface area (Å²) in [6.45, 7) is 9.87. The smallest absolute Gasteiger partial charge is 0.0329 e. The van der Waals surface area contributed by atoms with Gasteiger partial charge in [-0.2, -0.15) is 0 Å². The molecule has 0 aliphatic heterocycles. The van der Waals surface area contributed by atoms with Gasteiger partial charge in [-0.05, 0) is 54.8 Å². The summed E-state index contributed by atoms with van der Waals surface area (Å²) in [7, 11) is 0. The third-order valence-electron chi connectivity index (χ3n) is 7.19. The Morgan fingerprint density at radius 3 is 2.36 bits per heavy atom. The first kappa shape index (κ1) is 18.3. The topological polar surface area (TPSA) is 0 Å². The number of rotatable bonds is 8. The maximum atomic E-state index is 2.58. The van der Waals surface area contributed by atoms with Gasteiger partial charge in [0, 0.05) is 0 Å². The summed E-state index contributed by atoms with van der Waals surface area (Å²) in [5.74, 6) is 6.25. The minimum Gasteiger partial charge on any atom is -0.0654 e. The molecule has 6 unspecified atom stereocenters. The maximum absolute atomic E-state index is 2.58. The Morgan fingerprint density at radius 1 is 0.864 bits per heavy atom. The Bertz CT molecular complexity index is 294. The third kappa shape index (κ3) is 4.75. The van der Waals surface area contributed by atoms with Crippen LogP contribution in [0.5, 0.6) is 0 Å². The lowest BCUT2D eigenvalue weighted by Crippen LogP contribution is -2.41. The predicted molar refractivity (Wildman–Crippen MR) is 99.0 cm³/mol. The van der Waals surface area contributed by atoms with Crippen LogP contribution in [0.1, 0.15) is 105 Å². The molecule has 2 aliphatic rings. The van der Waals surface area contributed by atoms with Crippen molar-refractivity contribution in [1.82, 2.24) is 0 Å². The second-order valence-electron chi connectivity index (χ2n) is 8.85. The van der Waals surface area contributed by atoms with E-state index in [0.717, 1.165) is 35.5 Å². The van der Waals surface area contributed by atoms with Crippen LogP contribution in [0.3, 0.4) is 0 Å². The van der Waals surface area contributed by atoms with E-state index in [-0.39, 0.29) is 0 Å². The van der Waals surface area contributed by atoms with Crippen LogP contribution in [0.25, 0.3) is 0 Å². The molecule has 6 atom stereocenters. The number of hydrogen-bond acceptors (Lipinski definition) is 0. The highest BCUT2D eigenvalue weighted by atomic mass is 14.5. The van der Waals surface area contributed by atoms with Crippen molar-refractivity contribution in [2.75, 3.05) is 0 Å². The zero-order valence-corrected chi connectivity index (χ0v) is 15.9. The van der Waals surface area contributed by atoms with Gasteiger partial charge in [-0.3, -0.25) is 0 Å². The summed E-state index contributed by atoms with van der Waals surface area (Å²) in [6.07, 6.45) is 17.9. The fourth-order valence-electron chi connectivity index (χ4n) is 5.95. The molecule has 0 bridgehead atoms. The Morgan fingerprint density at radius 2 is 1.64 bits per heavy atom. The van der Waals surface area contributed by atoms with E-state index in [1.54, 1.807) is 19.3 Å². The SMILES string of the molecule is CCCCCCCC(CC)C1C(C)CCC2CC(C)CCC21. The molecular weight excluding hydrogens is 264 g/mol. The normalized spacial score (nSPS) is 36.8. The second kappa shape index (κ2) is 9.33. The largest absolute Gasteiger partial charge is 0.0654 e.